The van der Waals surface area contributed by atoms with Gasteiger partial charge in [-0.2, -0.15) is 0 Å². The van der Waals surface area contributed by atoms with Crippen molar-refractivity contribution in [3.63, 3.8) is 0 Å². The molecule has 1 N–H and O–H groups in total. The molecule has 1 aliphatic heterocycles. The average molecular weight is 366 g/mol. The van der Waals surface area contributed by atoms with Crippen LogP contribution in [0.25, 0.3) is 0 Å². The van der Waals surface area contributed by atoms with Crippen molar-refractivity contribution in [3.05, 3.63) is 34.8 Å². The highest BCUT2D eigenvalue weighted by molar-refractivity contribution is 7.15. The van der Waals surface area contributed by atoms with Gasteiger partial charge in [0.15, 0.2) is 5.01 Å². The number of alkyl halides is 2. The molecule has 1 aromatic heterocycles. The molecule has 1 aliphatic rings. The van der Waals surface area contributed by atoms with Crippen LogP contribution in [0.4, 0.5) is 19.6 Å². The second kappa shape index (κ2) is 7.22. The lowest BCUT2D eigenvalue weighted by molar-refractivity contribution is -0.122. The summed E-state index contributed by atoms with van der Waals surface area (Å²) in [5.74, 6) is -1.12. The molecular weight excluding hydrogens is 350 g/mol. The number of anilines is 2. The van der Waals surface area contributed by atoms with E-state index in [1.54, 1.807) is 4.90 Å². The van der Waals surface area contributed by atoms with E-state index < -0.39 is 23.3 Å². The Hall–Kier alpha value is -2.42. The summed E-state index contributed by atoms with van der Waals surface area (Å²) >= 11 is 0.627. The second-order valence-electron chi connectivity index (χ2n) is 5.66. The van der Waals surface area contributed by atoms with E-state index in [0.29, 0.717) is 11.3 Å². The molecule has 25 heavy (non-hydrogen) atoms. The Balaban J connectivity index is 1.65. The van der Waals surface area contributed by atoms with Gasteiger partial charge in [-0.25, -0.2) is 8.78 Å². The molecule has 2 amide bonds. The molecule has 0 unspecified atom stereocenters. The SMILES string of the molecule is CCc1ccc(N2C[C@@H](C(=O)Nc3nnc(C(F)F)s3)CC2=O)cc1. The van der Waals surface area contributed by atoms with Crippen LogP contribution in [-0.2, 0) is 16.0 Å². The number of hydrogen-bond acceptors (Lipinski definition) is 5. The summed E-state index contributed by atoms with van der Waals surface area (Å²) < 4.78 is 25.0. The van der Waals surface area contributed by atoms with E-state index in [4.69, 9.17) is 0 Å². The van der Waals surface area contributed by atoms with E-state index in [2.05, 4.69) is 15.5 Å². The number of nitrogens with zero attached hydrogens (tertiary/aromatic N) is 3. The summed E-state index contributed by atoms with van der Waals surface area (Å²) in [5.41, 5.74) is 1.91. The summed E-state index contributed by atoms with van der Waals surface area (Å²) in [6, 6.07) is 7.61. The van der Waals surface area contributed by atoms with Crippen molar-refractivity contribution in [2.45, 2.75) is 26.2 Å². The predicted molar refractivity (Wildman–Crippen MR) is 89.8 cm³/mol. The highest BCUT2D eigenvalue weighted by atomic mass is 32.1. The minimum absolute atomic E-state index is 0.0125. The maximum Gasteiger partial charge on any atom is 0.291 e. The van der Waals surface area contributed by atoms with Crippen molar-refractivity contribution >= 4 is 34.0 Å². The molecule has 0 saturated carbocycles. The number of aromatic nitrogens is 2. The largest absolute Gasteiger partial charge is 0.312 e. The van der Waals surface area contributed by atoms with Gasteiger partial charge in [0.2, 0.25) is 16.9 Å². The Morgan fingerprint density at radius 3 is 2.68 bits per heavy atom. The maximum atomic E-state index is 12.5. The number of rotatable bonds is 5. The summed E-state index contributed by atoms with van der Waals surface area (Å²) in [5, 5.41) is 8.87. The molecule has 0 aliphatic carbocycles. The monoisotopic (exact) mass is 366 g/mol. The molecular formula is C16H16F2N4O2S. The molecule has 132 valence electrons. The number of halogens is 2. The highest BCUT2D eigenvalue weighted by Crippen LogP contribution is 2.28. The second-order valence-corrected chi connectivity index (χ2v) is 6.67. The van der Waals surface area contributed by atoms with E-state index in [-0.39, 0.29) is 24.0 Å². The number of hydrogen-bond donors (Lipinski definition) is 1. The van der Waals surface area contributed by atoms with E-state index >= 15 is 0 Å². The molecule has 3 rings (SSSR count). The average Bonchev–Trinajstić information content (AvgIpc) is 3.22. The summed E-state index contributed by atoms with van der Waals surface area (Å²) in [4.78, 5) is 26.1. The summed E-state index contributed by atoms with van der Waals surface area (Å²) in [6.45, 7) is 2.29. The number of benzene rings is 1. The van der Waals surface area contributed by atoms with E-state index in [9.17, 15) is 18.4 Å². The molecule has 1 atom stereocenters. The molecule has 1 aromatic carbocycles. The fraction of sp³-hybridized carbons (Fsp3) is 0.375. The topological polar surface area (TPSA) is 75.2 Å². The number of aryl methyl sites for hydroxylation is 1. The van der Waals surface area contributed by atoms with Crippen molar-refractivity contribution in [1.29, 1.82) is 0 Å². The van der Waals surface area contributed by atoms with Gasteiger partial charge in [-0.1, -0.05) is 30.4 Å². The Bertz CT molecular complexity index is 779. The van der Waals surface area contributed by atoms with Gasteiger partial charge in [-0.15, -0.1) is 10.2 Å². The van der Waals surface area contributed by atoms with Crippen molar-refractivity contribution < 1.29 is 18.4 Å². The quantitative estimate of drug-likeness (QED) is 0.883. The van der Waals surface area contributed by atoms with Crippen LogP contribution < -0.4 is 10.2 Å². The van der Waals surface area contributed by atoms with Gasteiger partial charge in [-0.3, -0.25) is 9.59 Å². The van der Waals surface area contributed by atoms with Crippen LogP contribution in [0.5, 0.6) is 0 Å². The molecule has 0 spiro atoms. The van der Waals surface area contributed by atoms with Crippen LogP contribution in [0.2, 0.25) is 0 Å². The zero-order valence-electron chi connectivity index (χ0n) is 13.4. The minimum atomic E-state index is -2.72. The van der Waals surface area contributed by atoms with Gasteiger partial charge in [0, 0.05) is 18.7 Å². The molecule has 1 saturated heterocycles. The maximum absolute atomic E-state index is 12.5. The van der Waals surface area contributed by atoms with Crippen LogP contribution in [0.3, 0.4) is 0 Å². The van der Waals surface area contributed by atoms with Crippen molar-refractivity contribution in [2.75, 3.05) is 16.8 Å². The first-order valence-corrected chi connectivity index (χ1v) is 8.61. The van der Waals surface area contributed by atoms with E-state index in [0.717, 1.165) is 17.7 Å². The first-order valence-electron chi connectivity index (χ1n) is 7.79. The molecule has 0 bridgehead atoms. The molecule has 0 radical (unpaired) electrons. The van der Waals surface area contributed by atoms with Crippen LogP contribution in [0, 0.1) is 5.92 Å². The Morgan fingerprint density at radius 1 is 1.36 bits per heavy atom. The van der Waals surface area contributed by atoms with Crippen LogP contribution in [-0.4, -0.2) is 28.6 Å². The van der Waals surface area contributed by atoms with Gasteiger partial charge >= 0.3 is 0 Å². The van der Waals surface area contributed by atoms with Gasteiger partial charge in [0.1, 0.15) is 0 Å². The van der Waals surface area contributed by atoms with Crippen LogP contribution in [0.1, 0.15) is 30.3 Å². The third-order valence-corrected chi connectivity index (χ3v) is 4.86. The summed E-state index contributed by atoms with van der Waals surface area (Å²) in [7, 11) is 0. The van der Waals surface area contributed by atoms with Crippen molar-refractivity contribution in [1.82, 2.24) is 10.2 Å². The standard InChI is InChI=1S/C16H16F2N4O2S/c1-2-9-3-5-11(6-4-9)22-8-10(7-12(22)23)14(24)19-16-21-20-15(25-16)13(17)18/h3-6,10,13H,2,7-8H2,1H3,(H,19,21,24)/t10-/m0/s1. The zero-order chi connectivity index (χ0) is 18.0. The highest BCUT2D eigenvalue weighted by Gasteiger charge is 2.35. The van der Waals surface area contributed by atoms with E-state index in [1.165, 1.54) is 0 Å². The van der Waals surface area contributed by atoms with Crippen LogP contribution in [0.15, 0.2) is 24.3 Å². The fourth-order valence-electron chi connectivity index (χ4n) is 2.63. The van der Waals surface area contributed by atoms with E-state index in [1.807, 2.05) is 31.2 Å². The number of carbonyl (C=O) groups is 2. The molecule has 2 heterocycles. The zero-order valence-corrected chi connectivity index (χ0v) is 14.2. The normalized spacial score (nSPS) is 17.4. The van der Waals surface area contributed by atoms with Crippen molar-refractivity contribution in [3.8, 4) is 0 Å². The Labute approximate surface area is 146 Å². The van der Waals surface area contributed by atoms with Gasteiger partial charge in [0.05, 0.1) is 5.92 Å². The lowest BCUT2D eigenvalue weighted by Gasteiger charge is -2.16. The molecule has 1 fully saturated rings. The van der Waals surface area contributed by atoms with Gasteiger partial charge in [0.25, 0.3) is 6.43 Å². The van der Waals surface area contributed by atoms with Gasteiger partial charge < -0.3 is 10.2 Å². The van der Waals surface area contributed by atoms with Gasteiger partial charge in [-0.05, 0) is 24.1 Å². The first-order chi connectivity index (χ1) is 12.0. The molecule has 2 aromatic rings. The third-order valence-electron chi connectivity index (χ3n) is 4.01. The van der Waals surface area contributed by atoms with Crippen LogP contribution >= 0.6 is 11.3 Å². The molecule has 9 heteroatoms. The Kier molecular flexibility index (Phi) is 5.03. The number of amides is 2. The predicted octanol–water partition coefficient (Wildman–Crippen LogP) is 3.03. The van der Waals surface area contributed by atoms with Crippen molar-refractivity contribution in [2.24, 2.45) is 5.92 Å². The Morgan fingerprint density at radius 2 is 2.08 bits per heavy atom. The smallest absolute Gasteiger partial charge is 0.291 e. The number of nitrogens with one attached hydrogen (secondary N) is 1. The third kappa shape index (κ3) is 3.81. The minimum Gasteiger partial charge on any atom is -0.312 e. The first kappa shape index (κ1) is 17.4. The lowest BCUT2D eigenvalue weighted by Crippen LogP contribution is -2.28. The fourth-order valence-corrected chi connectivity index (χ4v) is 3.23. The number of carbonyl (C=O) groups excluding carboxylic acids is 2. The molecule has 6 nitrogen and oxygen atoms in total. The lowest BCUT2D eigenvalue weighted by atomic mass is 10.1. The summed E-state index contributed by atoms with van der Waals surface area (Å²) in [6.07, 6.45) is -1.75.